The third-order valence-corrected chi connectivity index (χ3v) is 3.65. The minimum Gasteiger partial charge on any atom is -0.468 e. The van der Waals surface area contributed by atoms with Gasteiger partial charge in [0.2, 0.25) is 0 Å². The number of hydrogen-bond acceptors (Lipinski definition) is 4. The molecule has 4 nitrogen and oxygen atoms in total. The molecule has 0 bridgehead atoms. The average Bonchev–Trinajstić information content (AvgIpc) is 2.60. The highest BCUT2D eigenvalue weighted by molar-refractivity contribution is 7.99. The third-order valence-electron chi connectivity index (χ3n) is 2.70. The summed E-state index contributed by atoms with van der Waals surface area (Å²) < 4.78 is 6.82. The molecule has 1 aromatic heterocycles. The van der Waals surface area contributed by atoms with E-state index >= 15 is 0 Å². The minimum atomic E-state index is -0.213. The molecule has 0 N–H and O–H groups in total. The van der Waals surface area contributed by atoms with Crippen LogP contribution in [0.25, 0.3) is 0 Å². The maximum absolute atomic E-state index is 11.1. The van der Waals surface area contributed by atoms with Crippen LogP contribution >= 0.6 is 11.8 Å². The fourth-order valence-electron chi connectivity index (χ4n) is 1.50. The highest BCUT2D eigenvalue weighted by atomic mass is 32.2. The molecule has 0 saturated heterocycles. The van der Waals surface area contributed by atoms with Crippen molar-refractivity contribution >= 4 is 17.7 Å². The van der Waals surface area contributed by atoms with Gasteiger partial charge in [0.1, 0.15) is 0 Å². The Labute approximate surface area is 107 Å². The Morgan fingerprint density at radius 1 is 1.47 bits per heavy atom. The van der Waals surface area contributed by atoms with Gasteiger partial charge in [0.15, 0.2) is 5.16 Å². The summed E-state index contributed by atoms with van der Waals surface area (Å²) in [6, 6.07) is 0. The van der Waals surface area contributed by atoms with E-state index in [0.717, 1.165) is 30.2 Å². The molecule has 0 saturated carbocycles. The van der Waals surface area contributed by atoms with Crippen LogP contribution in [0.3, 0.4) is 0 Å². The lowest BCUT2D eigenvalue weighted by molar-refractivity contribution is -0.137. The number of carbonyl (C=O) groups is 1. The van der Waals surface area contributed by atoms with Crippen molar-refractivity contribution in [2.75, 3.05) is 12.9 Å². The third kappa shape index (κ3) is 3.77. The van der Waals surface area contributed by atoms with Crippen LogP contribution in [-0.2, 0) is 16.1 Å². The molecule has 0 unspecified atom stereocenters. The standard InChI is InChI=1S/C12H20N2O2S/c1-5-6-7-14-10(3)9(2)13-12(14)17-8-11(15)16-4/h5-8H2,1-4H3. The van der Waals surface area contributed by atoms with Crippen molar-refractivity contribution in [2.45, 2.75) is 45.3 Å². The second-order valence-corrected chi connectivity index (χ2v) is 4.88. The summed E-state index contributed by atoms with van der Waals surface area (Å²) in [7, 11) is 1.41. The highest BCUT2D eigenvalue weighted by Gasteiger charge is 2.12. The molecule has 0 aliphatic rings. The second kappa shape index (κ2) is 6.69. The number of aryl methyl sites for hydroxylation is 1. The Morgan fingerprint density at radius 2 is 2.18 bits per heavy atom. The molecule has 96 valence electrons. The van der Waals surface area contributed by atoms with Gasteiger partial charge < -0.3 is 9.30 Å². The quantitative estimate of drug-likeness (QED) is 0.579. The molecule has 0 atom stereocenters. The van der Waals surface area contributed by atoms with Gasteiger partial charge in [0, 0.05) is 12.2 Å². The lowest BCUT2D eigenvalue weighted by Crippen LogP contribution is -2.06. The predicted molar refractivity (Wildman–Crippen MR) is 69.3 cm³/mol. The second-order valence-electron chi connectivity index (χ2n) is 3.94. The molecule has 1 heterocycles. The molecule has 0 amide bonds. The number of methoxy groups -OCH3 is 1. The van der Waals surface area contributed by atoms with Gasteiger partial charge in [0.25, 0.3) is 0 Å². The zero-order valence-corrected chi connectivity index (χ0v) is 11.8. The lowest BCUT2D eigenvalue weighted by atomic mass is 10.3. The Hall–Kier alpha value is -0.970. The van der Waals surface area contributed by atoms with Gasteiger partial charge in [-0.2, -0.15) is 0 Å². The molecule has 0 radical (unpaired) electrons. The van der Waals surface area contributed by atoms with E-state index in [1.165, 1.54) is 24.6 Å². The smallest absolute Gasteiger partial charge is 0.316 e. The Balaban J connectivity index is 2.75. The normalized spacial score (nSPS) is 10.6. The molecular formula is C12H20N2O2S. The number of carbonyl (C=O) groups excluding carboxylic acids is 1. The van der Waals surface area contributed by atoms with Crippen LogP contribution in [0.4, 0.5) is 0 Å². The van der Waals surface area contributed by atoms with Crippen LogP contribution in [0, 0.1) is 13.8 Å². The number of nitrogens with zero attached hydrogens (tertiary/aromatic N) is 2. The Kier molecular flexibility index (Phi) is 5.55. The average molecular weight is 256 g/mol. The fourth-order valence-corrected chi connectivity index (χ4v) is 2.45. The van der Waals surface area contributed by atoms with Gasteiger partial charge in [0.05, 0.1) is 18.6 Å². The van der Waals surface area contributed by atoms with Gasteiger partial charge >= 0.3 is 5.97 Å². The maximum atomic E-state index is 11.1. The summed E-state index contributed by atoms with van der Waals surface area (Å²) in [4.78, 5) is 15.6. The van der Waals surface area contributed by atoms with E-state index in [1.54, 1.807) is 0 Å². The summed E-state index contributed by atoms with van der Waals surface area (Å²) in [5.74, 6) is 0.105. The number of ether oxygens (including phenoxy) is 1. The van der Waals surface area contributed by atoms with Crippen molar-refractivity contribution in [1.82, 2.24) is 9.55 Å². The van der Waals surface area contributed by atoms with Gasteiger partial charge in [-0.1, -0.05) is 25.1 Å². The molecule has 0 spiro atoms. The van der Waals surface area contributed by atoms with Crippen molar-refractivity contribution < 1.29 is 9.53 Å². The van der Waals surface area contributed by atoms with Crippen molar-refractivity contribution in [3.8, 4) is 0 Å². The number of imidazole rings is 1. The van der Waals surface area contributed by atoms with Crippen LogP contribution in [0.15, 0.2) is 5.16 Å². The van der Waals surface area contributed by atoms with E-state index in [-0.39, 0.29) is 5.97 Å². The number of rotatable bonds is 6. The van der Waals surface area contributed by atoms with Gasteiger partial charge in [-0.05, 0) is 20.3 Å². The molecule has 5 heteroatoms. The zero-order valence-electron chi connectivity index (χ0n) is 10.9. The summed E-state index contributed by atoms with van der Waals surface area (Å²) in [6.45, 7) is 7.20. The number of unbranched alkanes of at least 4 members (excludes halogenated alkanes) is 1. The number of hydrogen-bond donors (Lipinski definition) is 0. The van der Waals surface area contributed by atoms with Crippen LogP contribution in [0.5, 0.6) is 0 Å². The summed E-state index contributed by atoms with van der Waals surface area (Å²) in [6.07, 6.45) is 2.28. The predicted octanol–water partition coefficient (Wildman–Crippen LogP) is 2.57. The topological polar surface area (TPSA) is 44.1 Å². The first-order valence-corrected chi connectivity index (χ1v) is 6.82. The van der Waals surface area contributed by atoms with Crippen molar-refractivity contribution in [3.63, 3.8) is 0 Å². The summed E-state index contributed by atoms with van der Waals surface area (Å²) in [5, 5.41) is 0.916. The van der Waals surface area contributed by atoms with E-state index in [1.807, 2.05) is 6.92 Å². The highest BCUT2D eigenvalue weighted by Crippen LogP contribution is 2.21. The first-order valence-electron chi connectivity index (χ1n) is 5.83. The van der Waals surface area contributed by atoms with Crippen molar-refractivity contribution in [1.29, 1.82) is 0 Å². The molecule has 0 fully saturated rings. The van der Waals surface area contributed by atoms with Gasteiger partial charge in [-0.15, -0.1) is 0 Å². The SMILES string of the molecule is CCCCn1c(SCC(=O)OC)nc(C)c1C. The van der Waals surface area contributed by atoms with Crippen LogP contribution in [-0.4, -0.2) is 28.4 Å². The molecular weight excluding hydrogens is 236 g/mol. The molecule has 1 rings (SSSR count). The molecule has 0 aliphatic carbocycles. The van der Waals surface area contributed by atoms with E-state index < -0.39 is 0 Å². The van der Waals surface area contributed by atoms with E-state index in [2.05, 4.69) is 28.1 Å². The van der Waals surface area contributed by atoms with E-state index in [9.17, 15) is 4.79 Å². The van der Waals surface area contributed by atoms with E-state index in [4.69, 9.17) is 0 Å². The number of aromatic nitrogens is 2. The summed E-state index contributed by atoms with van der Waals surface area (Å²) >= 11 is 1.44. The van der Waals surface area contributed by atoms with Crippen LogP contribution < -0.4 is 0 Å². The van der Waals surface area contributed by atoms with Gasteiger partial charge in [-0.25, -0.2) is 4.98 Å². The Morgan fingerprint density at radius 3 is 2.76 bits per heavy atom. The molecule has 0 aromatic carbocycles. The number of esters is 1. The van der Waals surface area contributed by atoms with Gasteiger partial charge in [-0.3, -0.25) is 4.79 Å². The molecule has 0 aliphatic heterocycles. The molecule has 1 aromatic rings. The summed E-state index contributed by atoms with van der Waals surface area (Å²) in [5.41, 5.74) is 2.22. The molecule has 17 heavy (non-hydrogen) atoms. The minimum absolute atomic E-state index is 0.213. The lowest BCUT2D eigenvalue weighted by Gasteiger charge is -2.08. The zero-order chi connectivity index (χ0) is 12.8. The number of thioether (sulfide) groups is 1. The van der Waals surface area contributed by atoms with E-state index in [0.29, 0.717) is 5.75 Å². The first-order chi connectivity index (χ1) is 8.10. The Bertz CT molecular complexity index is 388. The fraction of sp³-hybridized carbons (Fsp3) is 0.667. The van der Waals surface area contributed by atoms with Crippen molar-refractivity contribution in [3.05, 3.63) is 11.4 Å². The monoisotopic (exact) mass is 256 g/mol. The largest absolute Gasteiger partial charge is 0.468 e. The maximum Gasteiger partial charge on any atom is 0.316 e. The van der Waals surface area contributed by atoms with Crippen LogP contribution in [0.1, 0.15) is 31.2 Å². The van der Waals surface area contributed by atoms with Crippen molar-refractivity contribution in [2.24, 2.45) is 0 Å². The van der Waals surface area contributed by atoms with Crippen LogP contribution in [0.2, 0.25) is 0 Å². The first kappa shape index (κ1) is 14.1.